The zero-order valence-electron chi connectivity index (χ0n) is 15.3. The molecule has 0 fully saturated rings. The second-order valence-corrected chi connectivity index (χ2v) is 10.4. The van der Waals surface area contributed by atoms with Crippen LogP contribution in [0.2, 0.25) is 5.02 Å². The van der Waals surface area contributed by atoms with Crippen LogP contribution in [0.1, 0.15) is 33.6 Å². The number of anilines is 1. The van der Waals surface area contributed by atoms with Gasteiger partial charge in [-0.3, -0.25) is 4.79 Å². The van der Waals surface area contributed by atoms with E-state index in [2.05, 4.69) is 27.3 Å². The van der Waals surface area contributed by atoms with E-state index in [4.69, 9.17) is 16.6 Å². The molecule has 7 heteroatoms. The summed E-state index contributed by atoms with van der Waals surface area (Å²) < 4.78 is 1.98. The van der Waals surface area contributed by atoms with Gasteiger partial charge in [-0.05, 0) is 61.6 Å². The fourth-order valence-electron chi connectivity index (χ4n) is 3.70. The average molecular weight is 504 g/mol. The highest BCUT2D eigenvalue weighted by Gasteiger charge is 2.25. The second-order valence-electron chi connectivity index (χ2n) is 6.98. The number of thiazole rings is 1. The Hall–Kier alpha value is -1.73. The van der Waals surface area contributed by atoms with Gasteiger partial charge in [0, 0.05) is 14.9 Å². The minimum absolute atomic E-state index is 0.197. The fraction of sp³-hybridized carbons (Fsp3) is 0.182. The predicted molar refractivity (Wildman–Crippen MR) is 127 cm³/mol. The van der Waals surface area contributed by atoms with Crippen LogP contribution in [0.25, 0.3) is 20.8 Å². The molecule has 0 atom stereocenters. The number of carbonyl (C=O) groups is 1. The first-order chi connectivity index (χ1) is 14.1. The van der Waals surface area contributed by atoms with E-state index in [1.807, 2.05) is 24.3 Å². The van der Waals surface area contributed by atoms with E-state index in [1.54, 1.807) is 34.8 Å². The molecular weight excluding hydrogens is 488 g/mol. The first kappa shape index (κ1) is 19.2. The molecule has 29 heavy (non-hydrogen) atoms. The first-order valence-corrected chi connectivity index (χ1v) is 12.2. The van der Waals surface area contributed by atoms with Gasteiger partial charge in [0.1, 0.15) is 10.0 Å². The van der Waals surface area contributed by atoms with Crippen molar-refractivity contribution >= 4 is 71.3 Å². The van der Waals surface area contributed by atoms with E-state index in [0.29, 0.717) is 10.6 Å². The van der Waals surface area contributed by atoms with Gasteiger partial charge in [0.2, 0.25) is 0 Å². The van der Waals surface area contributed by atoms with E-state index in [0.717, 1.165) is 43.1 Å². The molecule has 1 amide bonds. The Bertz CT molecular complexity index is 1210. The van der Waals surface area contributed by atoms with Crippen LogP contribution >= 0.6 is 50.2 Å². The number of para-hydroxylation sites is 1. The van der Waals surface area contributed by atoms with E-state index in [1.165, 1.54) is 23.3 Å². The SMILES string of the molecule is O=C(Nc1sc2c(c1-c1nc3ccccc3s1)CCCC2)c1cc(Br)ccc1Cl. The number of aromatic nitrogens is 1. The molecule has 1 aliphatic rings. The molecule has 0 saturated heterocycles. The molecule has 2 aromatic carbocycles. The number of halogens is 2. The summed E-state index contributed by atoms with van der Waals surface area (Å²) >= 11 is 13.1. The molecule has 4 aromatic rings. The van der Waals surface area contributed by atoms with Gasteiger partial charge in [-0.15, -0.1) is 22.7 Å². The van der Waals surface area contributed by atoms with Crippen LogP contribution in [0.3, 0.4) is 0 Å². The van der Waals surface area contributed by atoms with Crippen LogP contribution in [0.5, 0.6) is 0 Å². The van der Waals surface area contributed by atoms with Crippen molar-refractivity contribution < 1.29 is 4.79 Å². The predicted octanol–water partition coefficient (Wildman–Crippen LogP) is 7.57. The van der Waals surface area contributed by atoms with E-state index >= 15 is 0 Å². The number of thiophene rings is 1. The lowest BCUT2D eigenvalue weighted by Gasteiger charge is -2.12. The fourth-order valence-corrected chi connectivity index (χ4v) is 6.66. The minimum atomic E-state index is -0.197. The number of rotatable bonds is 3. The van der Waals surface area contributed by atoms with Gasteiger partial charge in [0.05, 0.1) is 20.8 Å². The molecule has 0 saturated carbocycles. The topological polar surface area (TPSA) is 42.0 Å². The molecule has 0 radical (unpaired) electrons. The lowest BCUT2D eigenvalue weighted by Crippen LogP contribution is -2.12. The molecule has 0 bridgehead atoms. The van der Waals surface area contributed by atoms with Crippen molar-refractivity contribution in [1.82, 2.24) is 4.98 Å². The van der Waals surface area contributed by atoms with Crippen LogP contribution in [-0.2, 0) is 12.8 Å². The van der Waals surface area contributed by atoms with Crippen LogP contribution in [0.15, 0.2) is 46.9 Å². The average Bonchev–Trinajstić information content (AvgIpc) is 3.30. The molecule has 0 spiro atoms. The maximum atomic E-state index is 13.0. The number of carbonyl (C=O) groups excluding carboxylic acids is 1. The monoisotopic (exact) mass is 502 g/mol. The third kappa shape index (κ3) is 3.63. The summed E-state index contributed by atoms with van der Waals surface area (Å²) in [6, 6.07) is 13.5. The maximum absolute atomic E-state index is 13.0. The number of nitrogens with zero attached hydrogens (tertiary/aromatic N) is 1. The summed E-state index contributed by atoms with van der Waals surface area (Å²) in [6.45, 7) is 0. The maximum Gasteiger partial charge on any atom is 0.257 e. The van der Waals surface area contributed by atoms with Gasteiger partial charge in [-0.1, -0.05) is 39.7 Å². The van der Waals surface area contributed by atoms with Crippen molar-refractivity contribution in [3.05, 3.63) is 68.0 Å². The highest BCUT2D eigenvalue weighted by atomic mass is 79.9. The molecule has 146 valence electrons. The molecular formula is C22H16BrClN2OS2. The molecule has 0 aliphatic heterocycles. The quantitative estimate of drug-likeness (QED) is 0.313. The summed E-state index contributed by atoms with van der Waals surface area (Å²) in [7, 11) is 0. The molecule has 0 unspecified atom stereocenters. The number of benzene rings is 2. The highest BCUT2D eigenvalue weighted by molar-refractivity contribution is 9.10. The Kier molecular flexibility index (Phi) is 5.20. The number of hydrogen-bond acceptors (Lipinski definition) is 4. The minimum Gasteiger partial charge on any atom is -0.313 e. The van der Waals surface area contributed by atoms with Crippen molar-refractivity contribution in [1.29, 1.82) is 0 Å². The third-order valence-corrected chi connectivity index (χ3v) is 8.16. The van der Waals surface area contributed by atoms with E-state index in [-0.39, 0.29) is 5.91 Å². The van der Waals surface area contributed by atoms with Crippen molar-refractivity contribution in [2.45, 2.75) is 25.7 Å². The van der Waals surface area contributed by atoms with E-state index < -0.39 is 0 Å². The van der Waals surface area contributed by atoms with Crippen molar-refractivity contribution in [3.63, 3.8) is 0 Å². The van der Waals surface area contributed by atoms with Crippen molar-refractivity contribution in [2.75, 3.05) is 5.32 Å². The van der Waals surface area contributed by atoms with Gasteiger partial charge in [0.25, 0.3) is 5.91 Å². The Morgan fingerprint density at radius 3 is 2.79 bits per heavy atom. The normalized spacial score (nSPS) is 13.4. The Balaban J connectivity index is 1.60. The number of amides is 1. The Labute approximate surface area is 189 Å². The Morgan fingerprint density at radius 1 is 1.10 bits per heavy atom. The van der Waals surface area contributed by atoms with Crippen molar-refractivity contribution in [3.8, 4) is 10.6 Å². The lowest BCUT2D eigenvalue weighted by atomic mass is 9.95. The summed E-state index contributed by atoms with van der Waals surface area (Å²) in [6.07, 6.45) is 4.46. The molecule has 2 heterocycles. The van der Waals surface area contributed by atoms with E-state index in [9.17, 15) is 4.79 Å². The molecule has 1 aliphatic carbocycles. The van der Waals surface area contributed by atoms with Crippen LogP contribution in [-0.4, -0.2) is 10.9 Å². The molecule has 2 aromatic heterocycles. The zero-order chi connectivity index (χ0) is 20.0. The zero-order valence-corrected chi connectivity index (χ0v) is 19.3. The van der Waals surface area contributed by atoms with Crippen LogP contribution in [0.4, 0.5) is 5.00 Å². The highest BCUT2D eigenvalue weighted by Crippen LogP contribution is 2.46. The van der Waals surface area contributed by atoms with Gasteiger partial charge in [-0.25, -0.2) is 4.98 Å². The summed E-state index contributed by atoms with van der Waals surface area (Å²) in [5.74, 6) is -0.197. The number of aryl methyl sites for hydroxylation is 1. The Morgan fingerprint density at radius 2 is 1.93 bits per heavy atom. The third-order valence-electron chi connectivity index (χ3n) is 5.08. The molecule has 3 nitrogen and oxygen atoms in total. The molecule has 5 rings (SSSR count). The van der Waals surface area contributed by atoms with Gasteiger partial charge >= 0.3 is 0 Å². The van der Waals surface area contributed by atoms with Crippen molar-refractivity contribution in [2.24, 2.45) is 0 Å². The van der Waals surface area contributed by atoms with Gasteiger partial charge < -0.3 is 5.32 Å². The summed E-state index contributed by atoms with van der Waals surface area (Å²) in [4.78, 5) is 19.3. The van der Waals surface area contributed by atoms with Crippen LogP contribution in [0, 0.1) is 0 Å². The molecule has 1 N–H and O–H groups in total. The lowest BCUT2D eigenvalue weighted by molar-refractivity contribution is 0.102. The first-order valence-electron chi connectivity index (χ1n) is 9.37. The largest absolute Gasteiger partial charge is 0.313 e. The van der Waals surface area contributed by atoms with Gasteiger partial charge in [0.15, 0.2) is 0 Å². The van der Waals surface area contributed by atoms with Crippen LogP contribution < -0.4 is 5.32 Å². The standard InChI is InChI=1S/C22H16BrClN2OS2/c23-12-9-10-15(24)14(11-12)20(27)26-22-19(13-5-1-3-7-17(13)28-22)21-25-16-6-2-4-8-18(16)29-21/h2,4,6,8-11H,1,3,5,7H2,(H,26,27). The smallest absolute Gasteiger partial charge is 0.257 e. The number of nitrogens with one attached hydrogen (secondary N) is 1. The number of fused-ring (bicyclic) bond motifs is 2. The summed E-state index contributed by atoms with van der Waals surface area (Å²) in [5, 5.41) is 5.42. The number of hydrogen-bond donors (Lipinski definition) is 1. The van der Waals surface area contributed by atoms with Gasteiger partial charge in [-0.2, -0.15) is 0 Å². The second kappa shape index (κ2) is 7.84. The summed E-state index contributed by atoms with van der Waals surface area (Å²) in [5.41, 5.74) is 3.89.